The molecule has 0 unspecified atom stereocenters. The molecule has 0 spiro atoms. The van der Waals surface area contributed by atoms with Crippen LogP contribution in [0.4, 0.5) is 0 Å². The molecule has 2 heteroatoms. The molecule has 0 amide bonds. The van der Waals surface area contributed by atoms with Crippen LogP contribution in [0.25, 0.3) is 0 Å². The molecule has 0 fully saturated rings. The molecular weight excluding hydrogens is 156 g/mol. The van der Waals surface area contributed by atoms with Gasteiger partial charge in [0.2, 0.25) is 0 Å². The van der Waals surface area contributed by atoms with Crippen molar-refractivity contribution in [2.75, 3.05) is 0 Å². The van der Waals surface area contributed by atoms with Crippen molar-refractivity contribution in [1.82, 2.24) is 0 Å². The molecule has 0 bridgehead atoms. The number of hydrogen-bond donors (Lipinski definition) is 2. The minimum Gasteiger partial charge on any atom is -0.508 e. The molecule has 1 nitrogen and oxygen atoms in total. The van der Waals surface area contributed by atoms with Crippen LogP contribution >= 0.6 is 12.6 Å². The second-order valence-corrected chi connectivity index (χ2v) is 3.08. The smallest absolute Gasteiger partial charge is 0.119 e. The summed E-state index contributed by atoms with van der Waals surface area (Å²) in [4.78, 5) is 0.808. The quantitative estimate of drug-likeness (QED) is 0.650. The van der Waals surface area contributed by atoms with Crippen molar-refractivity contribution in [2.45, 2.75) is 24.7 Å². The van der Waals surface area contributed by atoms with Gasteiger partial charge in [-0.15, -0.1) is 12.6 Å². The van der Waals surface area contributed by atoms with Gasteiger partial charge < -0.3 is 5.11 Å². The predicted octanol–water partition coefficient (Wildman–Crippen LogP) is 2.63. The largest absolute Gasteiger partial charge is 0.508 e. The van der Waals surface area contributed by atoms with Crippen molar-refractivity contribution in [3.05, 3.63) is 23.8 Å². The van der Waals surface area contributed by atoms with Gasteiger partial charge in [-0.3, -0.25) is 0 Å². The lowest BCUT2D eigenvalue weighted by atomic mass is 10.1. The summed E-state index contributed by atoms with van der Waals surface area (Å²) >= 11 is 4.11. The molecule has 1 rings (SSSR count). The minimum atomic E-state index is 0.361. The van der Waals surface area contributed by atoms with E-state index in [2.05, 4.69) is 19.6 Å². The van der Waals surface area contributed by atoms with Crippen LogP contribution in [0.5, 0.6) is 5.75 Å². The summed E-state index contributed by atoms with van der Waals surface area (Å²) in [7, 11) is 0. The van der Waals surface area contributed by atoms with E-state index < -0.39 is 0 Å². The van der Waals surface area contributed by atoms with Gasteiger partial charge >= 0.3 is 0 Å². The number of rotatable bonds is 2. The van der Waals surface area contributed by atoms with Crippen LogP contribution in [0.1, 0.15) is 18.9 Å². The fourth-order valence-electron chi connectivity index (χ4n) is 1.03. The molecule has 0 aliphatic heterocycles. The van der Waals surface area contributed by atoms with E-state index >= 15 is 0 Å². The van der Waals surface area contributed by atoms with Gasteiger partial charge in [-0.2, -0.15) is 0 Å². The van der Waals surface area contributed by atoms with E-state index in [0.29, 0.717) is 5.75 Å². The van der Waals surface area contributed by atoms with Crippen LogP contribution in [0.3, 0.4) is 0 Å². The van der Waals surface area contributed by atoms with Crippen molar-refractivity contribution in [3.8, 4) is 5.75 Å². The Labute approximate surface area is 72.5 Å². The molecule has 0 saturated carbocycles. The average Bonchev–Trinajstić information content (AvgIpc) is 1.95. The van der Waals surface area contributed by atoms with Crippen molar-refractivity contribution in [3.63, 3.8) is 0 Å². The highest BCUT2D eigenvalue weighted by molar-refractivity contribution is 7.80. The second-order valence-electron chi connectivity index (χ2n) is 2.56. The van der Waals surface area contributed by atoms with Gasteiger partial charge in [0, 0.05) is 4.90 Å². The zero-order valence-electron chi connectivity index (χ0n) is 6.54. The SMILES string of the molecule is CCCc1ccc(S)cc1O. The maximum absolute atomic E-state index is 9.37. The van der Waals surface area contributed by atoms with Gasteiger partial charge in [0.25, 0.3) is 0 Å². The second kappa shape index (κ2) is 3.67. The third-order valence-electron chi connectivity index (χ3n) is 1.59. The molecule has 0 atom stereocenters. The third kappa shape index (κ3) is 2.15. The molecular formula is C9H12OS. The van der Waals surface area contributed by atoms with Crippen LogP contribution in [0.2, 0.25) is 0 Å². The first-order chi connectivity index (χ1) is 5.24. The highest BCUT2D eigenvalue weighted by atomic mass is 32.1. The summed E-state index contributed by atoms with van der Waals surface area (Å²) in [6.07, 6.45) is 1.99. The van der Waals surface area contributed by atoms with Gasteiger partial charge in [0.15, 0.2) is 0 Å². The summed E-state index contributed by atoms with van der Waals surface area (Å²) < 4.78 is 0. The average molecular weight is 168 g/mol. The maximum atomic E-state index is 9.37. The number of thiol groups is 1. The number of hydrogen-bond acceptors (Lipinski definition) is 2. The lowest BCUT2D eigenvalue weighted by molar-refractivity contribution is 0.466. The summed E-state index contributed by atoms with van der Waals surface area (Å²) in [5.41, 5.74) is 1.00. The van der Waals surface area contributed by atoms with E-state index in [4.69, 9.17) is 0 Å². The summed E-state index contributed by atoms with van der Waals surface area (Å²) in [6.45, 7) is 2.09. The third-order valence-corrected chi connectivity index (χ3v) is 1.87. The van der Waals surface area contributed by atoms with Crippen LogP contribution in [0.15, 0.2) is 23.1 Å². The summed E-state index contributed by atoms with van der Waals surface area (Å²) in [6, 6.07) is 5.49. The van der Waals surface area contributed by atoms with Crippen molar-refractivity contribution in [1.29, 1.82) is 0 Å². The lowest BCUT2D eigenvalue weighted by Gasteiger charge is -2.02. The number of phenols is 1. The van der Waals surface area contributed by atoms with Crippen LogP contribution in [-0.2, 0) is 6.42 Å². The Hall–Kier alpha value is -0.630. The van der Waals surface area contributed by atoms with E-state index in [1.807, 2.05) is 12.1 Å². The molecule has 0 saturated heterocycles. The van der Waals surface area contributed by atoms with E-state index in [1.54, 1.807) is 6.07 Å². The van der Waals surface area contributed by atoms with Gasteiger partial charge in [0.1, 0.15) is 5.75 Å². The molecule has 0 aliphatic carbocycles. The number of aromatic hydroxyl groups is 1. The molecule has 60 valence electrons. The first kappa shape index (κ1) is 8.47. The molecule has 0 radical (unpaired) electrons. The Bertz CT molecular complexity index is 245. The highest BCUT2D eigenvalue weighted by Crippen LogP contribution is 2.21. The molecule has 0 heterocycles. The van der Waals surface area contributed by atoms with Crippen LogP contribution in [0, 0.1) is 0 Å². The monoisotopic (exact) mass is 168 g/mol. The number of aryl methyl sites for hydroxylation is 1. The zero-order valence-corrected chi connectivity index (χ0v) is 7.44. The topological polar surface area (TPSA) is 20.2 Å². The van der Waals surface area contributed by atoms with Gasteiger partial charge in [0.05, 0.1) is 0 Å². The number of benzene rings is 1. The van der Waals surface area contributed by atoms with Gasteiger partial charge in [-0.1, -0.05) is 19.4 Å². The normalized spacial score (nSPS) is 10.0. The van der Waals surface area contributed by atoms with Crippen LogP contribution < -0.4 is 0 Å². The fraction of sp³-hybridized carbons (Fsp3) is 0.333. The van der Waals surface area contributed by atoms with E-state index in [-0.39, 0.29) is 0 Å². The molecule has 0 aromatic heterocycles. The molecule has 11 heavy (non-hydrogen) atoms. The molecule has 1 N–H and O–H groups in total. The highest BCUT2D eigenvalue weighted by Gasteiger charge is 1.98. The van der Waals surface area contributed by atoms with E-state index in [9.17, 15) is 5.11 Å². The Kier molecular flexibility index (Phi) is 2.83. The van der Waals surface area contributed by atoms with Crippen LogP contribution in [-0.4, -0.2) is 5.11 Å². The standard InChI is InChI=1S/C9H12OS/c1-2-3-7-4-5-8(11)6-9(7)10/h4-6,10-11H,2-3H2,1H3. The van der Waals surface area contributed by atoms with Gasteiger partial charge in [-0.25, -0.2) is 0 Å². The predicted molar refractivity (Wildman–Crippen MR) is 49.4 cm³/mol. The number of phenolic OH excluding ortho intramolecular Hbond substituents is 1. The maximum Gasteiger partial charge on any atom is 0.119 e. The summed E-state index contributed by atoms with van der Waals surface area (Å²) in [5, 5.41) is 9.37. The Balaban J connectivity index is 2.90. The Morgan fingerprint density at radius 3 is 2.73 bits per heavy atom. The van der Waals surface area contributed by atoms with Crippen molar-refractivity contribution >= 4 is 12.6 Å². The van der Waals surface area contributed by atoms with E-state index in [0.717, 1.165) is 23.3 Å². The van der Waals surface area contributed by atoms with E-state index in [1.165, 1.54) is 0 Å². The molecule has 1 aromatic carbocycles. The fourth-order valence-corrected chi connectivity index (χ4v) is 1.23. The first-order valence-corrected chi connectivity index (χ1v) is 4.19. The Morgan fingerprint density at radius 2 is 2.18 bits per heavy atom. The first-order valence-electron chi connectivity index (χ1n) is 3.75. The molecule has 0 aliphatic rings. The minimum absolute atomic E-state index is 0.361. The van der Waals surface area contributed by atoms with Crippen molar-refractivity contribution < 1.29 is 5.11 Å². The molecule has 1 aromatic rings. The van der Waals surface area contributed by atoms with Gasteiger partial charge in [-0.05, 0) is 24.1 Å². The van der Waals surface area contributed by atoms with Crippen molar-refractivity contribution in [2.24, 2.45) is 0 Å². The Morgan fingerprint density at radius 1 is 1.45 bits per heavy atom. The zero-order chi connectivity index (χ0) is 8.27. The summed E-state index contributed by atoms with van der Waals surface area (Å²) in [5.74, 6) is 0.361. The lowest BCUT2D eigenvalue weighted by Crippen LogP contribution is -1.83.